The predicted molar refractivity (Wildman–Crippen MR) is 56.3 cm³/mol. The standard InChI is InChI=1S/C11H11ClO3/c12-9-4-7(6-11(15)1-2-11)3-8(5-9)10(13)14/h3-5,15H,1-2,6H2,(H,13,14). The van der Waals surface area contributed by atoms with Crippen molar-refractivity contribution in [1.82, 2.24) is 0 Å². The van der Waals surface area contributed by atoms with Crippen molar-refractivity contribution in [3.63, 3.8) is 0 Å². The number of benzene rings is 1. The molecule has 80 valence electrons. The molecule has 1 aliphatic carbocycles. The van der Waals surface area contributed by atoms with Crippen molar-refractivity contribution in [2.45, 2.75) is 24.9 Å². The fraction of sp³-hybridized carbons (Fsp3) is 0.364. The molecule has 2 N–H and O–H groups in total. The molecule has 0 atom stereocenters. The van der Waals surface area contributed by atoms with Crippen LogP contribution in [-0.2, 0) is 6.42 Å². The van der Waals surface area contributed by atoms with Crippen molar-refractivity contribution in [3.8, 4) is 0 Å². The first-order chi connectivity index (χ1) is 6.98. The Balaban J connectivity index is 2.27. The van der Waals surface area contributed by atoms with Crippen LogP contribution in [0.5, 0.6) is 0 Å². The van der Waals surface area contributed by atoms with E-state index in [1.165, 1.54) is 6.07 Å². The molecule has 0 aromatic heterocycles. The molecule has 15 heavy (non-hydrogen) atoms. The fourth-order valence-corrected chi connectivity index (χ4v) is 1.83. The number of carbonyl (C=O) groups is 1. The minimum absolute atomic E-state index is 0.168. The summed E-state index contributed by atoms with van der Waals surface area (Å²) in [6.45, 7) is 0. The zero-order valence-electron chi connectivity index (χ0n) is 8.03. The van der Waals surface area contributed by atoms with Crippen LogP contribution in [-0.4, -0.2) is 21.8 Å². The highest BCUT2D eigenvalue weighted by molar-refractivity contribution is 6.31. The van der Waals surface area contributed by atoms with Crippen LogP contribution in [0.15, 0.2) is 18.2 Å². The van der Waals surface area contributed by atoms with Crippen LogP contribution in [0.2, 0.25) is 5.02 Å². The third-order valence-electron chi connectivity index (χ3n) is 2.56. The molecule has 3 nitrogen and oxygen atoms in total. The van der Waals surface area contributed by atoms with E-state index in [1.807, 2.05) is 0 Å². The van der Waals surface area contributed by atoms with Gasteiger partial charge in [0.2, 0.25) is 0 Å². The Kier molecular flexibility index (Phi) is 2.44. The number of halogens is 1. The van der Waals surface area contributed by atoms with Gasteiger partial charge in [-0.1, -0.05) is 11.6 Å². The van der Waals surface area contributed by atoms with Gasteiger partial charge in [0.25, 0.3) is 0 Å². The maximum absolute atomic E-state index is 10.8. The van der Waals surface area contributed by atoms with E-state index < -0.39 is 11.6 Å². The van der Waals surface area contributed by atoms with Crippen molar-refractivity contribution in [1.29, 1.82) is 0 Å². The Hall–Kier alpha value is -1.06. The summed E-state index contributed by atoms with van der Waals surface area (Å²) in [5, 5.41) is 18.9. The number of aliphatic hydroxyl groups is 1. The first-order valence-corrected chi connectivity index (χ1v) is 5.11. The lowest BCUT2D eigenvalue weighted by Gasteiger charge is -2.08. The Bertz CT molecular complexity index is 410. The first kappa shape index (κ1) is 10.5. The second kappa shape index (κ2) is 3.51. The average Bonchev–Trinajstić information content (AvgIpc) is 2.81. The number of aromatic carboxylic acids is 1. The third kappa shape index (κ3) is 2.49. The maximum atomic E-state index is 10.8. The van der Waals surface area contributed by atoms with Crippen LogP contribution in [0, 0.1) is 0 Å². The van der Waals surface area contributed by atoms with E-state index in [-0.39, 0.29) is 5.56 Å². The van der Waals surface area contributed by atoms with Crippen LogP contribution in [0.1, 0.15) is 28.8 Å². The van der Waals surface area contributed by atoms with E-state index in [9.17, 15) is 9.90 Å². The van der Waals surface area contributed by atoms with Gasteiger partial charge < -0.3 is 10.2 Å². The van der Waals surface area contributed by atoms with Crippen molar-refractivity contribution < 1.29 is 15.0 Å². The van der Waals surface area contributed by atoms with E-state index in [1.54, 1.807) is 12.1 Å². The topological polar surface area (TPSA) is 57.5 Å². The van der Waals surface area contributed by atoms with Gasteiger partial charge in [-0.05, 0) is 36.6 Å². The highest BCUT2D eigenvalue weighted by Crippen LogP contribution is 2.38. The molecule has 2 rings (SSSR count). The molecule has 0 heterocycles. The van der Waals surface area contributed by atoms with Crippen LogP contribution in [0.3, 0.4) is 0 Å². The van der Waals surface area contributed by atoms with E-state index in [4.69, 9.17) is 16.7 Å². The normalized spacial score (nSPS) is 17.5. The lowest BCUT2D eigenvalue weighted by Crippen LogP contribution is -2.11. The Morgan fingerprint density at radius 1 is 1.40 bits per heavy atom. The van der Waals surface area contributed by atoms with Crippen LogP contribution in [0.4, 0.5) is 0 Å². The lowest BCUT2D eigenvalue weighted by atomic mass is 10.0. The molecule has 1 aromatic carbocycles. The average molecular weight is 227 g/mol. The first-order valence-electron chi connectivity index (χ1n) is 4.74. The molecule has 0 aliphatic heterocycles. The summed E-state index contributed by atoms with van der Waals surface area (Å²) < 4.78 is 0. The fourth-order valence-electron chi connectivity index (χ4n) is 1.58. The van der Waals surface area contributed by atoms with Crippen LogP contribution >= 0.6 is 11.6 Å². The number of rotatable bonds is 3. The molecular weight excluding hydrogens is 216 g/mol. The van der Waals surface area contributed by atoms with E-state index >= 15 is 0 Å². The highest BCUT2D eigenvalue weighted by atomic mass is 35.5. The van der Waals surface area contributed by atoms with Crippen LogP contribution in [0.25, 0.3) is 0 Å². The molecule has 0 unspecified atom stereocenters. The van der Waals surface area contributed by atoms with Crippen LogP contribution < -0.4 is 0 Å². The van der Waals surface area contributed by atoms with E-state index in [2.05, 4.69) is 0 Å². The molecular formula is C11H11ClO3. The third-order valence-corrected chi connectivity index (χ3v) is 2.78. The van der Waals surface area contributed by atoms with Gasteiger partial charge in [0.1, 0.15) is 0 Å². The monoisotopic (exact) mass is 226 g/mol. The molecule has 0 saturated heterocycles. The molecule has 1 saturated carbocycles. The SMILES string of the molecule is O=C(O)c1cc(Cl)cc(CC2(O)CC2)c1. The molecule has 0 bridgehead atoms. The summed E-state index contributed by atoms with van der Waals surface area (Å²) in [4.78, 5) is 10.8. The van der Waals surface area contributed by atoms with Gasteiger partial charge >= 0.3 is 5.97 Å². The number of hydrogen-bond acceptors (Lipinski definition) is 2. The number of hydrogen-bond donors (Lipinski definition) is 2. The number of carboxylic acid groups (broad SMARTS) is 1. The summed E-state index contributed by atoms with van der Waals surface area (Å²) in [6, 6.07) is 4.67. The van der Waals surface area contributed by atoms with Gasteiger partial charge in [0.15, 0.2) is 0 Å². The van der Waals surface area contributed by atoms with E-state index in [0.717, 1.165) is 18.4 Å². The molecule has 4 heteroatoms. The maximum Gasteiger partial charge on any atom is 0.335 e. The van der Waals surface area contributed by atoms with Crippen molar-refractivity contribution >= 4 is 17.6 Å². The second-order valence-electron chi connectivity index (χ2n) is 4.05. The largest absolute Gasteiger partial charge is 0.478 e. The minimum Gasteiger partial charge on any atom is -0.478 e. The quantitative estimate of drug-likeness (QED) is 0.830. The Labute approximate surface area is 92.3 Å². The molecule has 0 radical (unpaired) electrons. The zero-order valence-corrected chi connectivity index (χ0v) is 8.79. The smallest absolute Gasteiger partial charge is 0.335 e. The summed E-state index contributed by atoms with van der Waals surface area (Å²) in [5.41, 5.74) is 0.321. The Morgan fingerprint density at radius 2 is 2.07 bits per heavy atom. The lowest BCUT2D eigenvalue weighted by molar-refractivity contribution is 0.0696. The van der Waals surface area contributed by atoms with Gasteiger partial charge in [0.05, 0.1) is 11.2 Å². The minimum atomic E-state index is -0.999. The molecule has 0 amide bonds. The summed E-state index contributed by atoms with van der Waals surface area (Å²) in [7, 11) is 0. The molecule has 1 aliphatic rings. The molecule has 0 spiro atoms. The van der Waals surface area contributed by atoms with Gasteiger partial charge in [0, 0.05) is 11.4 Å². The second-order valence-corrected chi connectivity index (χ2v) is 4.49. The van der Waals surface area contributed by atoms with Crippen molar-refractivity contribution in [2.75, 3.05) is 0 Å². The molecule has 1 fully saturated rings. The summed E-state index contributed by atoms with van der Waals surface area (Å²) in [6.07, 6.45) is 2.04. The Morgan fingerprint density at radius 3 is 2.60 bits per heavy atom. The summed E-state index contributed by atoms with van der Waals surface area (Å²) in [5.74, 6) is -0.999. The summed E-state index contributed by atoms with van der Waals surface area (Å²) >= 11 is 5.80. The highest BCUT2D eigenvalue weighted by Gasteiger charge is 2.40. The van der Waals surface area contributed by atoms with Crippen molar-refractivity contribution in [2.24, 2.45) is 0 Å². The van der Waals surface area contributed by atoms with Gasteiger partial charge in [-0.15, -0.1) is 0 Å². The van der Waals surface area contributed by atoms with Gasteiger partial charge in [-0.25, -0.2) is 4.79 Å². The van der Waals surface area contributed by atoms with E-state index in [0.29, 0.717) is 11.4 Å². The van der Waals surface area contributed by atoms with Gasteiger partial charge in [-0.2, -0.15) is 0 Å². The predicted octanol–water partition coefficient (Wildman–Crippen LogP) is 2.11. The number of carboxylic acids is 1. The molecule has 1 aromatic rings. The zero-order chi connectivity index (χ0) is 11.1. The van der Waals surface area contributed by atoms with Crippen molar-refractivity contribution in [3.05, 3.63) is 34.3 Å². The van der Waals surface area contributed by atoms with Gasteiger partial charge in [-0.3, -0.25) is 0 Å².